The molecule has 2 nitrogen and oxygen atoms in total. The van der Waals surface area contributed by atoms with E-state index < -0.39 is 0 Å². The smallest absolute Gasteiger partial charge is 0.0636 e. The Hall–Kier alpha value is -0.340. The van der Waals surface area contributed by atoms with Crippen LogP contribution in [0, 0.1) is 44.3 Å². The highest BCUT2D eigenvalue weighted by atomic mass is 16.3. The van der Waals surface area contributed by atoms with Gasteiger partial charge in [0.05, 0.1) is 12.2 Å². The van der Waals surface area contributed by atoms with E-state index in [1.807, 2.05) is 0 Å². The molecule has 0 saturated heterocycles. The van der Waals surface area contributed by atoms with Gasteiger partial charge in [0.25, 0.3) is 0 Å². The van der Waals surface area contributed by atoms with Crippen molar-refractivity contribution in [2.75, 3.05) is 0 Å². The topological polar surface area (TPSA) is 40.5 Å². The average molecular weight is 443 g/mol. The van der Waals surface area contributed by atoms with Crippen LogP contribution >= 0.6 is 0 Å². The number of aliphatic hydroxyl groups excluding tert-OH is 2. The van der Waals surface area contributed by atoms with Crippen LogP contribution in [0.15, 0.2) is 11.1 Å². The lowest BCUT2D eigenvalue weighted by Crippen LogP contribution is -2.64. The SMILES string of the molecule is CC1(C)CC2=C3CC[C@@H]4[C@]5(C)CC[C@H](O)C(C)(C)[C@@H]5CC[C@@]4(C)[C@]3(C)CC[C@@]2(C)[C@H](O)C1. The quantitative estimate of drug-likeness (QED) is 0.387. The Morgan fingerprint density at radius 2 is 1.38 bits per heavy atom. The van der Waals surface area contributed by atoms with E-state index in [-0.39, 0.29) is 33.9 Å². The average Bonchev–Trinajstić information content (AvgIpc) is 2.67. The predicted octanol–water partition coefficient (Wildman–Crippen LogP) is 7.28. The molecule has 0 radical (unpaired) electrons. The van der Waals surface area contributed by atoms with E-state index in [0.29, 0.717) is 16.7 Å². The van der Waals surface area contributed by atoms with Gasteiger partial charge in [-0.2, -0.15) is 0 Å². The van der Waals surface area contributed by atoms with Crippen LogP contribution in [0.3, 0.4) is 0 Å². The van der Waals surface area contributed by atoms with Gasteiger partial charge < -0.3 is 10.2 Å². The molecule has 5 rings (SSSR count). The fraction of sp³-hybridized carbons (Fsp3) is 0.933. The Labute approximate surface area is 197 Å². The minimum Gasteiger partial charge on any atom is -0.393 e. The Kier molecular flexibility index (Phi) is 4.87. The first kappa shape index (κ1) is 23.4. The van der Waals surface area contributed by atoms with Gasteiger partial charge in [-0.05, 0) is 103 Å². The van der Waals surface area contributed by atoms with Gasteiger partial charge in [-0.25, -0.2) is 0 Å². The Balaban J connectivity index is 1.60. The van der Waals surface area contributed by atoms with Crippen molar-refractivity contribution in [2.45, 2.75) is 132 Å². The van der Waals surface area contributed by atoms with Crippen LogP contribution in [0.25, 0.3) is 0 Å². The summed E-state index contributed by atoms with van der Waals surface area (Å²) < 4.78 is 0. The summed E-state index contributed by atoms with van der Waals surface area (Å²) in [5.74, 6) is 1.36. The maximum absolute atomic E-state index is 11.3. The molecule has 5 aliphatic rings. The van der Waals surface area contributed by atoms with Crippen molar-refractivity contribution in [1.29, 1.82) is 0 Å². The molecule has 182 valence electrons. The molecule has 4 fully saturated rings. The molecule has 0 bridgehead atoms. The van der Waals surface area contributed by atoms with Crippen LogP contribution in [-0.2, 0) is 0 Å². The number of rotatable bonds is 0. The van der Waals surface area contributed by atoms with E-state index in [2.05, 4.69) is 55.4 Å². The van der Waals surface area contributed by atoms with Gasteiger partial charge in [0, 0.05) is 5.41 Å². The molecule has 32 heavy (non-hydrogen) atoms. The monoisotopic (exact) mass is 442 g/mol. The van der Waals surface area contributed by atoms with Crippen molar-refractivity contribution < 1.29 is 10.2 Å². The minimum atomic E-state index is -0.197. The van der Waals surface area contributed by atoms with Gasteiger partial charge in [0.1, 0.15) is 0 Å². The molecule has 0 unspecified atom stereocenters. The van der Waals surface area contributed by atoms with Crippen LogP contribution in [0.5, 0.6) is 0 Å². The van der Waals surface area contributed by atoms with E-state index >= 15 is 0 Å². The number of hydrogen-bond acceptors (Lipinski definition) is 2. The van der Waals surface area contributed by atoms with E-state index in [4.69, 9.17) is 0 Å². The van der Waals surface area contributed by atoms with E-state index in [1.165, 1.54) is 44.9 Å². The summed E-state index contributed by atoms with van der Waals surface area (Å²) in [6.45, 7) is 19.7. The zero-order chi connectivity index (χ0) is 23.5. The first-order chi connectivity index (χ1) is 14.6. The molecule has 2 N–H and O–H groups in total. The normalized spacial score (nSPS) is 54.2. The zero-order valence-corrected chi connectivity index (χ0v) is 22.3. The summed E-state index contributed by atoms with van der Waals surface area (Å²) in [5.41, 5.74) is 4.54. The van der Waals surface area contributed by atoms with Gasteiger partial charge in [-0.15, -0.1) is 0 Å². The Morgan fingerprint density at radius 3 is 2.06 bits per heavy atom. The number of fused-ring (bicyclic) bond motifs is 6. The van der Waals surface area contributed by atoms with Crippen molar-refractivity contribution in [2.24, 2.45) is 44.3 Å². The number of aliphatic hydroxyl groups is 2. The van der Waals surface area contributed by atoms with Crippen LogP contribution in [0.4, 0.5) is 0 Å². The Bertz CT molecular complexity index is 838. The summed E-state index contributed by atoms with van der Waals surface area (Å²) in [7, 11) is 0. The molecular weight excluding hydrogens is 392 g/mol. The second-order valence-corrected chi connectivity index (χ2v) is 15.2. The molecule has 0 heterocycles. The third-order valence-corrected chi connectivity index (χ3v) is 13.0. The number of hydrogen-bond donors (Lipinski definition) is 2. The lowest BCUT2D eigenvalue weighted by Gasteiger charge is -2.71. The van der Waals surface area contributed by atoms with Crippen molar-refractivity contribution in [3.8, 4) is 0 Å². The highest BCUT2D eigenvalue weighted by molar-refractivity contribution is 5.39. The molecule has 0 aliphatic heterocycles. The molecule has 2 heteroatoms. The van der Waals surface area contributed by atoms with E-state index in [9.17, 15) is 10.2 Å². The van der Waals surface area contributed by atoms with Crippen molar-refractivity contribution in [1.82, 2.24) is 0 Å². The molecule has 4 saturated carbocycles. The molecule has 0 aromatic heterocycles. The lowest BCUT2D eigenvalue weighted by atomic mass is 9.34. The second-order valence-electron chi connectivity index (χ2n) is 15.2. The highest BCUT2D eigenvalue weighted by Crippen LogP contribution is 2.75. The fourth-order valence-electron chi connectivity index (χ4n) is 10.7. The van der Waals surface area contributed by atoms with Gasteiger partial charge in [0.15, 0.2) is 0 Å². The zero-order valence-electron chi connectivity index (χ0n) is 22.3. The van der Waals surface area contributed by atoms with E-state index in [1.54, 1.807) is 11.1 Å². The second kappa shape index (κ2) is 6.66. The van der Waals surface area contributed by atoms with Crippen LogP contribution in [0.2, 0.25) is 0 Å². The molecular formula is C30H50O2. The fourth-order valence-corrected chi connectivity index (χ4v) is 10.7. The summed E-state index contributed by atoms with van der Waals surface area (Å²) in [6, 6.07) is 0. The molecule has 8 atom stereocenters. The third-order valence-electron chi connectivity index (χ3n) is 13.0. The lowest BCUT2D eigenvalue weighted by molar-refractivity contribution is -0.205. The van der Waals surface area contributed by atoms with Crippen molar-refractivity contribution >= 4 is 0 Å². The summed E-state index contributed by atoms with van der Waals surface area (Å²) >= 11 is 0. The van der Waals surface area contributed by atoms with Crippen LogP contribution in [0.1, 0.15) is 120 Å². The molecule has 5 aliphatic carbocycles. The van der Waals surface area contributed by atoms with Gasteiger partial charge in [-0.1, -0.05) is 66.5 Å². The first-order valence-corrected chi connectivity index (χ1v) is 13.7. The molecule has 0 spiro atoms. The first-order valence-electron chi connectivity index (χ1n) is 13.7. The summed E-state index contributed by atoms with van der Waals surface area (Å²) in [6.07, 6.45) is 11.4. The van der Waals surface area contributed by atoms with Crippen LogP contribution in [-0.4, -0.2) is 22.4 Å². The highest BCUT2D eigenvalue weighted by Gasteiger charge is 2.67. The third kappa shape index (κ3) is 2.72. The van der Waals surface area contributed by atoms with Gasteiger partial charge in [-0.3, -0.25) is 0 Å². The maximum Gasteiger partial charge on any atom is 0.0636 e. The summed E-state index contributed by atoms with van der Waals surface area (Å²) in [5, 5.41) is 22.2. The summed E-state index contributed by atoms with van der Waals surface area (Å²) in [4.78, 5) is 0. The maximum atomic E-state index is 11.3. The van der Waals surface area contributed by atoms with Crippen molar-refractivity contribution in [3.63, 3.8) is 0 Å². The van der Waals surface area contributed by atoms with Crippen molar-refractivity contribution in [3.05, 3.63) is 11.1 Å². The van der Waals surface area contributed by atoms with E-state index in [0.717, 1.165) is 25.2 Å². The predicted molar refractivity (Wildman–Crippen MR) is 132 cm³/mol. The molecule has 0 amide bonds. The Morgan fingerprint density at radius 1 is 0.688 bits per heavy atom. The van der Waals surface area contributed by atoms with Crippen LogP contribution < -0.4 is 0 Å². The molecule has 0 aromatic carbocycles. The van der Waals surface area contributed by atoms with Gasteiger partial charge in [0.2, 0.25) is 0 Å². The molecule has 0 aromatic rings. The minimum absolute atomic E-state index is 0.00833. The largest absolute Gasteiger partial charge is 0.393 e. The number of allylic oxidation sites excluding steroid dienone is 1. The standard InChI is InChI=1S/C30H50O2/c1-25(2)17-20-19-9-10-22-28(6)13-12-23(31)26(3,4)21(28)11-14-30(22,8)29(19,7)16-15-27(20,5)24(32)18-25/h21-24,31-32H,9-18H2,1-8H3/t21-,22+,23-,24+,27+,28+,29+,30+/m0/s1. The van der Waals surface area contributed by atoms with Gasteiger partial charge >= 0.3 is 0 Å².